The van der Waals surface area contributed by atoms with Gasteiger partial charge in [-0.3, -0.25) is 14.4 Å². The van der Waals surface area contributed by atoms with E-state index in [9.17, 15) is 14.4 Å². The van der Waals surface area contributed by atoms with Crippen LogP contribution in [0.4, 0.5) is 0 Å². The summed E-state index contributed by atoms with van der Waals surface area (Å²) in [6.07, 6.45) is 3.26. The molecule has 7 nitrogen and oxygen atoms in total. The minimum Gasteiger partial charge on any atom is -0.368 e. The zero-order valence-electron chi connectivity index (χ0n) is 23.4. The zero-order valence-corrected chi connectivity index (χ0v) is 23.4. The van der Waals surface area contributed by atoms with E-state index in [-0.39, 0.29) is 17.7 Å². The van der Waals surface area contributed by atoms with Gasteiger partial charge in [0.2, 0.25) is 11.8 Å². The van der Waals surface area contributed by atoms with Gasteiger partial charge < -0.3 is 19.9 Å². The highest BCUT2D eigenvalue weighted by Gasteiger charge is 2.27. The maximum absolute atomic E-state index is 13.1. The fourth-order valence-electron chi connectivity index (χ4n) is 4.80. The topological polar surface area (TPSA) is 79.0 Å². The molecule has 38 heavy (non-hydrogen) atoms. The predicted molar refractivity (Wildman–Crippen MR) is 150 cm³/mol. The Morgan fingerprint density at radius 1 is 1.05 bits per heavy atom. The zero-order chi connectivity index (χ0) is 27.5. The molecule has 0 saturated carbocycles. The van der Waals surface area contributed by atoms with Gasteiger partial charge in [0.05, 0.1) is 0 Å². The highest BCUT2D eigenvalue weighted by atomic mass is 16.5. The van der Waals surface area contributed by atoms with Crippen LogP contribution in [0, 0.1) is 5.92 Å². The van der Waals surface area contributed by atoms with E-state index < -0.39 is 6.10 Å². The second-order valence-electron chi connectivity index (χ2n) is 10.4. The van der Waals surface area contributed by atoms with E-state index in [1.54, 1.807) is 4.90 Å². The normalized spacial score (nSPS) is 14.7. The summed E-state index contributed by atoms with van der Waals surface area (Å²) in [5, 5.41) is 2.72. The molecule has 1 aliphatic rings. The van der Waals surface area contributed by atoms with Crippen molar-refractivity contribution in [2.75, 3.05) is 33.3 Å². The van der Waals surface area contributed by atoms with Crippen molar-refractivity contribution in [3.05, 3.63) is 59.7 Å². The van der Waals surface area contributed by atoms with Gasteiger partial charge in [-0.1, -0.05) is 49.4 Å². The fraction of sp³-hybridized carbons (Fsp3) is 0.516. The summed E-state index contributed by atoms with van der Waals surface area (Å²) in [5.41, 5.74) is 4.30. The van der Waals surface area contributed by atoms with Crippen LogP contribution in [-0.2, 0) is 32.1 Å². The Morgan fingerprint density at radius 2 is 1.76 bits per heavy atom. The highest BCUT2D eigenvalue weighted by Crippen LogP contribution is 2.23. The molecule has 1 heterocycles. The number of carbonyl (C=O) groups is 3. The molecular weight excluding hydrogens is 478 g/mol. The van der Waals surface area contributed by atoms with E-state index in [1.807, 2.05) is 31.0 Å². The number of benzene rings is 2. The average Bonchev–Trinajstić information content (AvgIpc) is 2.91. The van der Waals surface area contributed by atoms with Crippen LogP contribution in [0.2, 0.25) is 0 Å². The van der Waals surface area contributed by atoms with Crippen molar-refractivity contribution in [1.29, 1.82) is 0 Å². The summed E-state index contributed by atoms with van der Waals surface area (Å²) in [7, 11) is 1.81. The summed E-state index contributed by atoms with van der Waals surface area (Å²) in [5.74, 6) is 0.759. The van der Waals surface area contributed by atoms with E-state index in [0.717, 1.165) is 48.2 Å². The maximum Gasteiger partial charge on any atom is 0.252 e. The number of rotatable bonds is 12. The lowest BCUT2D eigenvalue weighted by Crippen LogP contribution is -2.45. The molecular formula is C31H43N3O4. The molecule has 7 heteroatoms. The smallest absolute Gasteiger partial charge is 0.252 e. The maximum atomic E-state index is 13.1. The van der Waals surface area contributed by atoms with Crippen LogP contribution in [0.1, 0.15) is 57.6 Å². The summed E-state index contributed by atoms with van der Waals surface area (Å²) < 4.78 is 5.87. The van der Waals surface area contributed by atoms with Crippen LogP contribution in [0.3, 0.4) is 0 Å². The standard InChI is InChI=1S/C31H43N3O4/c1-5-38-29(31(37)34-18-15-23(2)16-19-34)21-25-11-13-27(14-12-25)28-9-6-8-26(20-28)22-33(4)30(36)10-7-17-32-24(3)35/h6,8-9,11-14,20,23,29H,5,7,10,15-19,21-22H2,1-4H3,(H,32,35). The molecule has 206 valence electrons. The van der Waals surface area contributed by atoms with Crippen LogP contribution in [0.5, 0.6) is 0 Å². The Bertz CT molecular complexity index is 1060. The Balaban J connectivity index is 1.58. The quantitative estimate of drug-likeness (QED) is 0.419. The van der Waals surface area contributed by atoms with Crippen molar-refractivity contribution in [1.82, 2.24) is 15.1 Å². The number of likely N-dealkylation sites (tertiary alicyclic amines) is 1. The van der Waals surface area contributed by atoms with Crippen molar-refractivity contribution in [3.63, 3.8) is 0 Å². The molecule has 1 atom stereocenters. The van der Waals surface area contributed by atoms with Crippen molar-refractivity contribution < 1.29 is 19.1 Å². The Labute approximate surface area is 227 Å². The molecule has 0 aromatic heterocycles. The third-order valence-corrected chi connectivity index (χ3v) is 7.16. The van der Waals surface area contributed by atoms with E-state index in [0.29, 0.717) is 44.9 Å². The highest BCUT2D eigenvalue weighted by molar-refractivity contribution is 5.81. The molecule has 1 saturated heterocycles. The monoisotopic (exact) mass is 521 g/mol. The summed E-state index contributed by atoms with van der Waals surface area (Å²) >= 11 is 0. The van der Waals surface area contributed by atoms with Gasteiger partial charge in [-0.05, 0) is 60.4 Å². The van der Waals surface area contributed by atoms with Gasteiger partial charge in [0.15, 0.2) is 0 Å². The SMILES string of the molecule is CCOC(Cc1ccc(-c2cccc(CN(C)C(=O)CCCNC(C)=O)c2)cc1)C(=O)N1CCC(C)CC1. The fourth-order valence-corrected chi connectivity index (χ4v) is 4.80. The molecule has 0 radical (unpaired) electrons. The Hall–Kier alpha value is -3.19. The van der Waals surface area contributed by atoms with E-state index in [1.165, 1.54) is 6.92 Å². The first-order valence-electron chi connectivity index (χ1n) is 13.8. The number of nitrogens with one attached hydrogen (secondary N) is 1. The van der Waals surface area contributed by atoms with Crippen molar-refractivity contribution in [3.8, 4) is 11.1 Å². The number of hydrogen-bond acceptors (Lipinski definition) is 4. The number of amides is 3. The van der Waals surface area contributed by atoms with Crippen LogP contribution < -0.4 is 5.32 Å². The lowest BCUT2D eigenvalue weighted by Gasteiger charge is -2.33. The van der Waals surface area contributed by atoms with Gasteiger partial charge in [0, 0.05) is 59.6 Å². The minimum atomic E-state index is -0.450. The van der Waals surface area contributed by atoms with Gasteiger partial charge in [-0.2, -0.15) is 0 Å². The summed E-state index contributed by atoms with van der Waals surface area (Å²) in [6, 6.07) is 16.5. The van der Waals surface area contributed by atoms with E-state index in [2.05, 4.69) is 48.6 Å². The average molecular weight is 522 g/mol. The van der Waals surface area contributed by atoms with Crippen LogP contribution >= 0.6 is 0 Å². The van der Waals surface area contributed by atoms with Crippen molar-refractivity contribution >= 4 is 17.7 Å². The number of nitrogens with zero attached hydrogens (tertiary/aromatic N) is 2. The molecule has 2 aromatic carbocycles. The molecule has 1 N–H and O–H groups in total. The van der Waals surface area contributed by atoms with Gasteiger partial charge in [0.1, 0.15) is 6.10 Å². The Morgan fingerprint density at radius 3 is 2.42 bits per heavy atom. The second-order valence-corrected chi connectivity index (χ2v) is 10.4. The first-order valence-corrected chi connectivity index (χ1v) is 13.8. The molecule has 3 amide bonds. The summed E-state index contributed by atoms with van der Waals surface area (Å²) in [4.78, 5) is 40.2. The van der Waals surface area contributed by atoms with Crippen molar-refractivity contribution in [2.24, 2.45) is 5.92 Å². The molecule has 3 rings (SSSR count). The van der Waals surface area contributed by atoms with Crippen molar-refractivity contribution in [2.45, 2.75) is 65.5 Å². The molecule has 2 aromatic rings. The van der Waals surface area contributed by atoms with Crippen LogP contribution in [0.15, 0.2) is 48.5 Å². The predicted octanol–water partition coefficient (Wildman–Crippen LogP) is 4.43. The van der Waals surface area contributed by atoms with Gasteiger partial charge >= 0.3 is 0 Å². The first-order chi connectivity index (χ1) is 18.3. The van der Waals surface area contributed by atoms with E-state index in [4.69, 9.17) is 4.74 Å². The van der Waals surface area contributed by atoms with Gasteiger partial charge in [0.25, 0.3) is 5.91 Å². The third kappa shape index (κ3) is 8.98. The number of piperidine rings is 1. The molecule has 0 aliphatic carbocycles. The minimum absolute atomic E-state index is 0.0579. The molecule has 1 unspecified atom stereocenters. The second kappa shape index (κ2) is 14.7. The van der Waals surface area contributed by atoms with E-state index >= 15 is 0 Å². The van der Waals surface area contributed by atoms with Crippen LogP contribution in [0.25, 0.3) is 11.1 Å². The third-order valence-electron chi connectivity index (χ3n) is 7.16. The number of carbonyl (C=O) groups excluding carboxylic acids is 3. The molecule has 0 bridgehead atoms. The largest absolute Gasteiger partial charge is 0.368 e. The molecule has 0 spiro atoms. The Kier molecular flexibility index (Phi) is 11.3. The summed E-state index contributed by atoms with van der Waals surface area (Å²) in [6.45, 7) is 8.84. The number of ether oxygens (including phenoxy) is 1. The van der Waals surface area contributed by atoms with Gasteiger partial charge in [-0.25, -0.2) is 0 Å². The number of hydrogen-bond donors (Lipinski definition) is 1. The van der Waals surface area contributed by atoms with Crippen LogP contribution in [-0.4, -0.2) is 66.9 Å². The van der Waals surface area contributed by atoms with Gasteiger partial charge in [-0.15, -0.1) is 0 Å². The molecule has 1 aliphatic heterocycles. The lowest BCUT2D eigenvalue weighted by molar-refractivity contribution is -0.144. The first kappa shape index (κ1) is 29.4. The molecule has 1 fully saturated rings. The lowest BCUT2D eigenvalue weighted by atomic mass is 9.97.